The van der Waals surface area contributed by atoms with Crippen LogP contribution in [0.5, 0.6) is 0 Å². The Labute approximate surface area is 102 Å². The van der Waals surface area contributed by atoms with Crippen molar-refractivity contribution >= 4 is 5.91 Å². The maximum Gasteiger partial charge on any atom is 0.276 e. The van der Waals surface area contributed by atoms with Crippen molar-refractivity contribution in [3.05, 3.63) is 17.5 Å². The summed E-state index contributed by atoms with van der Waals surface area (Å²) in [5.41, 5.74) is 0.461. The molecule has 0 aliphatic carbocycles. The molecule has 1 aliphatic heterocycles. The van der Waals surface area contributed by atoms with E-state index in [1.54, 1.807) is 6.07 Å². The third kappa shape index (κ3) is 2.87. The highest BCUT2D eigenvalue weighted by molar-refractivity contribution is 5.92. The van der Waals surface area contributed by atoms with Crippen molar-refractivity contribution < 1.29 is 9.32 Å². The monoisotopic (exact) mass is 236 g/mol. The van der Waals surface area contributed by atoms with E-state index in [0.29, 0.717) is 5.69 Å². The van der Waals surface area contributed by atoms with Crippen LogP contribution in [0.25, 0.3) is 0 Å². The van der Waals surface area contributed by atoms with E-state index in [-0.39, 0.29) is 5.91 Å². The maximum atomic E-state index is 12.1. The minimum Gasteiger partial charge on any atom is -0.361 e. The maximum absolute atomic E-state index is 12.1. The molecular weight excluding hydrogens is 216 g/mol. The quantitative estimate of drug-likeness (QED) is 0.810. The van der Waals surface area contributed by atoms with Crippen molar-refractivity contribution in [1.82, 2.24) is 10.1 Å². The zero-order valence-corrected chi connectivity index (χ0v) is 10.6. The molecule has 4 nitrogen and oxygen atoms in total. The van der Waals surface area contributed by atoms with Gasteiger partial charge in [-0.3, -0.25) is 4.79 Å². The molecular formula is C13H20N2O2. The van der Waals surface area contributed by atoms with Crippen LogP contribution in [0.15, 0.2) is 10.6 Å². The molecule has 0 radical (unpaired) electrons. The first-order chi connectivity index (χ1) is 8.20. The number of carbonyl (C=O) groups excluding carboxylic acids is 1. The summed E-state index contributed by atoms with van der Waals surface area (Å²) >= 11 is 0. The molecule has 0 bridgehead atoms. The minimum atomic E-state index is 0.0167. The van der Waals surface area contributed by atoms with E-state index >= 15 is 0 Å². The first kappa shape index (κ1) is 12.1. The van der Waals surface area contributed by atoms with Crippen LogP contribution in [0.1, 0.15) is 49.4 Å². The molecule has 0 aromatic carbocycles. The molecule has 0 atom stereocenters. The normalized spacial score (nSPS) is 17.4. The Morgan fingerprint density at radius 1 is 1.53 bits per heavy atom. The second-order valence-corrected chi connectivity index (χ2v) is 4.90. The predicted molar refractivity (Wildman–Crippen MR) is 64.8 cm³/mol. The Morgan fingerprint density at radius 3 is 2.88 bits per heavy atom. The van der Waals surface area contributed by atoms with Gasteiger partial charge in [0.1, 0.15) is 5.76 Å². The Balaban J connectivity index is 1.98. The van der Waals surface area contributed by atoms with Gasteiger partial charge in [-0.25, -0.2) is 0 Å². The van der Waals surface area contributed by atoms with Crippen molar-refractivity contribution in [2.24, 2.45) is 5.92 Å². The van der Waals surface area contributed by atoms with Gasteiger partial charge in [-0.2, -0.15) is 0 Å². The zero-order chi connectivity index (χ0) is 12.3. The lowest BCUT2D eigenvalue weighted by molar-refractivity contribution is 0.0686. The zero-order valence-electron chi connectivity index (χ0n) is 10.6. The molecule has 2 rings (SSSR count). The van der Waals surface area contributed by atoms with Crippen LogP contribution in [0.2, 0.25) is 0 Å². The smallest absolute Gasteiger partial charge is 0.276 e. The van der Waals surface area contributed by atoms with E-state index in [1.165, 1.54) is 0 Å². The van der Waals surface area contributed by atoms with E-state index in [4.69, 9.17) is 4.52 Å². The first-order valence-electron chi connectivity index (χ1n) is 6.45. The van der Waals surface area contributed by atoms with Gasteiger partial charge in [0.05, 0.1) is 0 Å². The summed E-state index contributed by atoms with van der Waals surface area (Å²) in [6.07, 6.45) is 4.03. The van der Waals surface area contributed by atoms with E-state index < -0.39 is 0 Å². The minimum absolute atomic E-state index is 0.0167. The average Bonchev–Trinajstić information content (AvgIpc) is 2.78. The number of amides is 1. The number of hydrogen-bond donors (Lipinski definition) is 0. The number of piperidine rings is 1. The number of aromatic nitrogens is 1. The fraction of sp³-hybridized carbons (Fsp3) is 0.692. The fourth-order valence-corrected chi connectivity index (χ4v) is 2.15. The molecule has 4 heteroatoms. The summed E-state index contributed by atoms with van der Waals surface area (Å²) in [5.74, 6) is 1.55. The van der Waals surface area contributed by atoms with Crippen LogP contribution in [0.4, 0.5) is 0 Å². The van der Waals surface area contributed by atoms with Gasteiger partial charge < -0.3 is 9.42 Å². The molecule has 94 valence electrons. The van der Waals surface area contributed by atoms with E-state index in [1.807, 2.05) is 4.90 Å². The molecule has 0 N–H and O–H groups in total. The second kappa shape index (κ2) is 5.34. The van der Waals surface area contributed by atoms with Crippen LogP contribution in [-0.2, 0) is 6.42 Å². The van der Waals surface area contributed by atoms with Crippen LogP contribution in [0.3, 0.4) is 0 Å². The molecule has 1 saturated heterocycles. The highest BCUT2D eigenvalue weighted by atomic mass is 16.5. The fourth-order valence-electron chi connectivity index (χ4n) is 2.15. The van der Waals surface area contributed by atoms with Crippen LogP contribution < -0.4 is 0 Å². The van der Waals surface area contributed by atoms with Crippen LogP contribution in [0, 0.1) is 5.92 Å². The lowest BCUT2D eigenvalue weighted by atomic mass is 9.99. The number of hydrogen-bond acceptors (Lipinski definition) is 3. The van der Waals surface area contributed by atoms with Crippen molar-refractivity contribution in [2.75, 3.05) is 13.1 Å². The third-order valence-electron chi connectivity index (χ3n) is 3.35. The van der Waals surface area contributed by atoms with Crippen molar-refractivity contribution in [2.45, 2.75) is 39.5 Å². The largest absolute Gasteiger partial charge is 0.361 e. The Morgan fingerprint density at radius 2 is 2.24 bits per heavy atom. The lowest BCUT2D eigenvalue weighted by Gasteiger charge is -2.29. The van der Waals surface area contributed by atoms with Gasteiger partial charge in [-0.05, 0) is 25.2 Å². The summed E-state index contributed by atoms with van der Waals surface area (Å²) in [4.78, 5) is 14.0. The predicted octanol–water partition coefficient (Wildman–Crippen LogP) is 2.50. The molecule has 17 heavy (non-hydrogen) atoms. The van der Waals surface area contributed by atoms with Gasteiger partial charge in [-0.1, -0.05) is 19.0 Å². The summed E-state index contributed by atoms with van der Waals surface area (Å²) in [5, 5.41) is 3.86. The van der Waals surface area contributed by atoms with Crippen LogP contribution >= 0.6 is 0 Å². The highest BCUT2D eigenvalue weighted by Crippen LogP contribution is 2.18. The van der Waals surface area contributed by atoms with E-state index in [0.717, 1.165) is 50.5 Å². The summed E-state index contributed by atoms with van der Waals surface area (Å²) in [6.45, 7) is 6.00. The highest BCUT2D eigenvalue weighted by Gasteiger charge is 2.23. The molecule has 2 heterocycles. The molecule has 1 aromatic rings. The molecule has 0 spiro atoms. The Hall–Kier alpha value is -1.32. The van der Waals surface area contributed by atoms with Gasteiger partial charge in [0.25, 0.3) is 5.91 Å². The summed E-state index contributed by atoms with van der Waals surface area (Å²) in [7, 11) is 0. The van der Waals surface area contributed by atoms with Gasteiger partial charge in [0.15, 0.2) is 5.69 Å². The van der Waals surface area contributed by atoms with Gasteiger partial charge in [0.2, 0.25) is 0 Å². The molecule has 0 saturated carbocycles. The van der Waals surface area contributed by atoms with Gasteiger partial charge in [0, 0.05) is 25.6 Å². The van der Waals surface area contributed by atoms with E-state index in [9.17, 15) is 4.79 Å². The van der Waals surface area contributed by atoms with Crippen molar-refractivity contribution in [3.8, 4) is 0 Å². The topological polar surface area (TPSA) is 46.3 Å². The second-order valence-electron chi connectivity index (χ2n) is 4.90. The third-order valence-corrected chi connectivity index (χ3v) is 3.35. The average molecular weight is 236 g/mol. The number of likely N-dealkylation sites (tertiary alicyclic amines) is 1. The van der Waals surface area contributed by atoms with Crippen molar-refractivity contribution in [1.29, 1.82) is 0 Å². The Kier molecular flexibility index (Phi) is 3.82. The lowest BCUT2D eigenvalue weighted by Crippen LogP contribution is -2.38. The molecule has 1 fully saturated rings. The molecule has 1 aliphatic rings. The summed E-state index contributed by atoms with van der Waals surface area (Å²) < 4.78 is 5.14. The molecule has 0 unspecified atom stereocenters. The van der Waals surface area contributed by atoms with Gasteiger partial charge in [-0.15, -0.1) is 0 Å². The number of carbonyl (C=O) groups is 1. The first-order valence-corrected chi connectivity index (χ1v) is 6.45. The van der Waals surface area contributed by atoms with Crippen molar-refractivity contribution in [3.63, 3.8) is 0 Å². The molecule has 1 amide bonds. The van der Waals surface area contributed by atoms with E-state index in [2.05, 4.69) is 19.0 Å². The SMILES string of the molecule is CCCc1cc(C(=O)N2CCC(C)CC2)no1. The summed E-state index contributed by atoms with van der Waals surface area (Å²) in [6, 6.07) is 1.78. The number of rotatable bonds is 3. The van der Waals surface area contributed by atoms with Gasteiger partial charge >= 0.3 is 0 Å². The number of aryl methyl sites for hydroxylation is 1. The number of nitrogens with zero attached hydrogens (tertiary/aromatic N) is 2. The standard InChI is InChI=1S/C13H20N2O2/c1-3-4-11-9-12(14-17-11)13(16)15-7-5-10(2)6-8-15/h9-10H,3-8H2,1-2H3. The molecule has 1 aromatic heterocycles. The van der Waals surface area contributed by atoms with Crippen LogP contribution in [-0.4, -0.2) is 29.1 Å². The Bertz CT molecular complexity index is 379.